The van der Waals surface area contributed by atoms with E-state index in [1.165, 1.54) is 0 Å². The predicted molar refractivity (Wildman–Crippen MR) is 128 cm³/mol. The molecule has 0 unspecified atom stereocenters. The summed E-state index contributed by atoms with van der Waals surface area (Å²) in [4.78, 5) is 28.1. The van der Waals surface area contributed by atoms with Crippen LogP contribution < -0.4 is 0 Å². The fourth-order valence-electron chi connectivity index (χ4n) is 5.44. The van der Waals surface area contributed by atoms with E-state index >= 15 is 0 Å². The molecule has 2 aromatic carbocycles. The van der Waals surface area contributed by atoms with Gasteiger partial charge in [0.1, 0.15) is 0 Å². The van der Waals surface area contributed by atoms with Crippen molar-refractivity contribution in [3.05, 3.63) is 68.6 Å². The van der Waals surface area contributed by atoms with Gasteiger partial charge in [-0.3, -0.25) is 4.79 Å². The van der Waals surface area contributed by atoms with Crippen molar-refractivity contribution in [3.8, 4) is 0 Å². The molecule has 1 saturated carbocycles. The second-order valence-corrected chi connectivity index (χ2v) is 10.5. The number of fused-ring (bicyclic) bond motifs is 1. The maximum atomic E-state index is 13.4. The SMILES string of the molecule is CC[C@@]12CCC[C@H](COC(=O)c3ccc(Br)cc3)[C@@H]1N(C(=O)c1ccc(Br)cc1)CC2. The third kappa shape index (κ3) is 4.61. The number of nitrogens with zero attached hydrogens (tertiary/aromatic N) is 1. The summed E-state index contributed by atoms with van der Waals surface area (Å²) in [6.07, 6.45) is 5.29. The maximum absolute atomic E-state index is 13.4. The normalized spacial score (nSPS) is 25.2. The molecule has 1 aliphatic carbocycles. The van der Waals surface area contributed by atoms with Crippen LogP contribution in [0.25, 0.3) is 0 Å². The Bertz CT molecular complexity index is 944. The summed E-state index contributed by atoms with van der Waals surface area (Å²) in [7, 11) is 0. The van der Waals surface area contributed by atoms with Crippen molar-refractivity contribution < 1.29 is 14.3 Å². The van der Waals surface area contributed by atoms with Crippen molar-refractivity contribution in [2.45, 2.75) is 45.1 Å². The van der Waals surface area contributed by atoms with Gasteiger partial charge in [-0.25, -0.2) is 4.79 Å². The Balaban J connectivity index is 1.53. The van der Waals surface area contributed by atoms with Gasteiger partial charge in [0.25, 0.3) is 5.91 Å². The van der Waals surface area contributed by atoms with Gasteiger partial charge < -0.3 is 9.64 Å². The lowest BCUT2D eigenvalue weighted by Gasteiger charge is -2.46. The highest BCUT2D eigenvalue weighted by Gasteiger charge is 2.53. The lowest BCUT2D eigenvalue weighted by molar-refractivity contribution is 0.00111. The van der Waals surface area contributed by atoms with Gasteiger partial charge in [-0.1, -0.05) is 45.2 Å². The van der Waals surface area contributed by atoms with E-state index in [9.17, 15) is 9.59 Å². The number of carbonyl (C=O) groups is 2. The second-order valence-electron chi connectivity index (χ2n) is 8.67. The van der Waals surface area contributed by atoms with Crippen molar-refractivity contribution in [1.29, 1.82) is 0 Å². The smallest absolute Gasteiger partial charge is 0.338 e. The van der Waals surface area contributed by atoms with E-state index < -0.39 is 0 Å². The average molecular weight is 549 g/mol. The van der Waals surface area contributed by atoms with Gasteiger partial charge in [0.05, 0.1) is 12.2 Å². The molecule has 1 amide bonds. The highest BCUT2D eigenvalue weighted by molar-refractivity contribution is 9.10. The van der Waals surface area contributed by atoms with E-state index in [0.29, 0.717) is 17.7 Å². The number of ether oxygens (including phenoxy) is 1. The van der Waals surface area contributed by atoms with Crippen molar-refractivity contribution in [2.24, 2.45) is 11.3 Å². The Hall–Kier alpha value is -1.66. The molecule has 2 fully saturated rings. The van der Waals surface area contributed by atoms with Gasteiger partial charge in [0.2, 0.25) is 0 Å². The van der Waals surface area contributed by atoms with Crippen molar-refractivity contribution in [1.82, 2.24) is 4.90 Å². The first kappa shape index (κ1) is 22.5. The monoisotopic (exact) mass is 547 g/mol. The molecule has 6 heteroatoms. The fraction of sp³-hybridized carbons (Fsp3) is 0.440. The Labute approximate surface area is 200 Å². The van der Waals surface area contributed by atoms with Gasteiger partial charge in [-0.05, 0) is 79.6 Å². The zero-order chi connectivity index (χ0) is 22.0. The third-order valence-corrected chi connectivity index (χ3v) is 8.13. The number of esters is 1. The Morgan fingerprint density at radius 1 is 1.00 bits per heavy atom. The zero-order valence-electron chi connectivity index (χ0n) is 17.7. The van der Waals surface area contributed by atoms with E-state index in [1.807, 2.05) is 36.4 Å². The van der Waals surface area contributed by atoms with Crippen LogP contribution in [0.1, 0.15) is 59.7 Å². The molecule has 2 aliphatic rings. The first-order chi connectivity index (χ1) is 14.9. The Morgan fingerprint density at radius 2 is 1.61 bits per heavy atom. The minimum absolute atomic E-state index is 0.0824. The fourth-order valence-corrected chi connectivity index (χ4v) is 5.97. The van der Waals surface area contributed by atoms with E-state index in [-0.39, 0.29) is 29.3 Å². The minimum Gasteiger partial charge on any atom is -0.462 e. The van der Waals surface area contributed by atoms with Crippen LogP contribution in [0.5, 0.6) is 0 Å². The van der Waals surface area contributed by atoms with E-state index in [2.05, 4.69) is 43.7 Å². The molecular weight excluding hydrogens is 522 g/mol. The summed E-state index contributed by atoms with van der Waals surface area (Å²) in [6, 6.07) is 14.9. The lowest BCUT2D eigenvalue weighted by Crippen LogP contribution is -2.51. The maximum Gasteiger partial charge on any atom is 0.338 e. The molecule has 2 aromatic rings. The molecule has 31 heavy (non-hydrogen) atoms. The third-order valence-electron chi connectivity index (χ3n) is 7.07. The van der Waals surface area contributed by atoms with Crippen molar-refractivity contribution >= 4 is 43.7 Å². The molecule has 0 bridgehead atoms. The van der Waals surface area contributed by atoms with Gasteiger partial charge in [-0.2, -0.15) is 0 Å². The summed E-state index contributed by atoms with van der Waals surface area (Å²) < 4.78 is 7.65. The van der Waals surface area contributed by atoms with E-state index in [0.717, 1.165) is 47.6 Å². The summed E-state index contributed by atoms with van der Waals surface area (Å²) in [6.45, 7) is 3.35. The summed E-state index contributed by atoms with van der Waals surface area (Å²) >= 11 is 6.84. The molecule has 0 spiro atoms. The number of amides is 1. The number of hydrogen-bond acceptors (Lipinski definition) is 3. The first-order valence-electron chi connectivity index (χ1n) is 10.9. The first-order valence-corrected chi connectivity index (χ1v) is 12.5. The average Bonchev–Trinajstić information content (AvgIpc) is 3.19. The summed E-state index contributed by atoms with van der Waals surface area (Å²) in [5, 5.41) is 0. The number of rotatable bonds is 5. The van der Waals surface area contributed by atoms with Crippen LogP contribution >= 0.6 is 31.9 Å². The Kier molecular flexibility index (Phi) is 6.87. The predicted octanol–water partition coefficient (Wildman–Crippen LogP) is 6.48. The molecule has 164 valence electrons. The van der Waals surface area contributed by atoms with Crippen LogP contribution in [-0.4, -0.2) is 36.0 Å². The van der Waals surface area contributed by atoms with Crippen LogP contribution in [-0.2, 0) is 4.74 Å². The van der Waals surface area contributed by atoms with Gasteiger partial charge in [0, 0.05) is 33.0 Å². The molecule has 4 rings (SSSR count). The molecule has 0 N–H and O–H groups in total. The van der Waals surface area contributed by atoms with E-state index in [1.54, 1.807) is 12.1 Å². The van der Waals surface area contributed by atoms with E-state index in [4.69, 9.17) is 4.74 Å². The number of likely N-dealkylation sites (tertiary alicyclic amines) is 1. The van der Waals surface area contributed by atoms with Gasteiger partial charge in [-0.15, -0.1) is 0 Å². The van der Waals surface area contributed by atoms with Crippen LogP contribution in [0.3, 0.4) is 0 Å². The molecule has 1 heterocycles. The van der Waals surface area contributed by atoms with Crippen molar-refractivity contribution in [2.75, 3.05) is 13.2 Å². The molecule has 3 atom stereocenters. The molecule has 0 aromatic heterocycles. The molecule has 4 nitrogen and oxygen atoms in total. The standard InChI is InChI=1S/C25H27Br2NO3/c1-2-25-13-3-4-19(16-31-24(30)18-7-11-21(27)12-8-18)22(25)28(15-14-25)23(29)17-5-9-20(26)10-6-17/h5-12,19,22H,2-4,13-16H2,1H3/t19-,22+,25+/m1/s1. The quantitative estimate of drug-likeness (QED) is 0.402. The number of halogens is 2. The largest absolute Gasteiger partial charge is 0.462 e. The number of hydrogen-bond donors (Lipinski definition) is 0. The number of benzene rings is 2. The second kappa shape index (κ2) is 9.45. The van der Waals surface area contributed by atoms with Crippen molar-refractivity contribution in [3.63, 3.8) is 0 Å². The molecule has 1 saturated heterocycles. The highest BCUT2D eigenvalue weighted by Crippen LogP contribution is 2.51. The van der Waals surface area contributed by atoms with Gasteiger partial charge >= 0.3 is 5.97 Å². The highest BCUT2D eigenvalue weighted by atomic mass is 79.9. The van der Waals surface area contributed by atoms with Crippen LogP contribution in [0.2, 0.25) is 0 Å². The van der Waals surface area contributed by atoms with Crippen LogP contribution in [0, 0.1) is 11.3 Å². The molecule has 0 radical (unpaired) electrons. The summed E-state index contributed by atoms with van der Waals surface area (Å²) in [5.41, 5.74) is 1.39. The topological polar surface area (TPSA) is 46.6 Å². The number of carbonyl (C=O) groups excluding carboxylic acids is 2. The Morgan fingerprint density at radius 3 is 2.23 bits per heavy atom. The zero-order valence-corrected chi connectivity index (χ0v) is 20.8. The van der Waals surface area contributed by atoms with Crippen LogP contribution in [0.4, 0.5) is 0 Å². The minimum atomic E-state index is -0.302. The molecular formula is C25H27Br2NO3. The lowest BCUT2D eigenvalue weighted by atomic mass is 9.64. The molecule has 1 aliphatic heterocycles. The van der Waals surface area contributed by atoms with Gasteiger partial charge in [0.15, 0.2) is 0 Å². The van der Waals surface area contributed by atoms with Crippen LogP contribution in [0.15, 0.2) is 57.5 Å². The summed E-state index contributed by atoms with van der Waals surface area (Å²) in [5.74, 6) is -0.0575.